The van der Waals surface area contributed by atoms with E-state index in [1.54, 1.807) is 49.4 Å². The lowest BCUT2D eigenvalue weighted by molar-refractivity contribution is -0.131. The number of carboxylic acids is 1. The molecule has 212 valence electrons. The van der Waals surface area contributed by atoms with Gasteiger partial charge in [0.05, 0.1) is 10.6 Å². The minimum Gasteiger partial charge on any atom is -0.478 e. The molecule has 1 aliphatic carbocycles. The van der Waals surface area contributed by atoms with Gasteiger partial charge in [0.2, 0.25) is 5.91 Å². The van der Waals surface area contributed by atoms with Gasteiger partial charge in [0.25, 0.3) is 5.91 Å². The van der Waals surface area contributed by atoms with Crippen LogP contribution in [0.3, 0.4) is 0 Å². The van der Waals surface area contributed by atoms with Crippen molar-refractivity contribution in [3.05, 3.63) is 82.7 Å². The number of anilines is 1. The van der Waals surface area contributed by atoms with Gasteiger partial charge in [0.15, 0.2) is 0 Å². The molecule has 2 aromatic heterocycles. The third-order valence-corrected chi connectivity index (χ3v) is 8.73. The van der Waals surface area contributed by atoms with Crippen LogP contribution < -0.4 is 10.6 Å². The molecule has 3 N–H and O–H groups in total. The van der Waals surface area contributed by atoms with Crippen molar-refractivity contribution in [2.75, 3.05) is 5.32 Å². The van der Waals surface area contributed by atoms with Gasteiger partial charge in [-0.25, -0.2) is 4.79 Å². The minimum absolute atomic E-state index is 0.320. The summed E-state index contributed by atoms with van der Waals surface area (Å²) in [6, 6.07) is 16.9. The van der Waals surface area contributed by atoms with Crippen molar-refractivity contribution >= 4 is 51.8 Å². The largest absolute Gasteiger partial charge is 0.478 e. The van der Waals surface area contributed by atoms with E-state index in [-0.39, 0.29) is 11.8 Å². The highest BCUT2D eigenvalue weighted by molar-refractivity contribution is 7.13. The lowest BCUT2D eigenvalue weighted by Gasteiger charge is -2.25. The molecule has 0 saturated heterocycles. The SMILES string of the molecule is Cn1c(-c2cccs2)c(C2CCCCC2)c2ccc(C(=O)NC(C)(C)C(=O)Nc3ccc(/C=C/C(=O)O)cc3)cc21. The van der Waals surface area contributed by atoms with E-state index >= 15 is 0 Å². The number of hydrogen-bond donors (Lipinski definition) is 3. The van der Waals surface area contributed by atoms with Crippen molar-refractivity contribution in [1.29, 1.82) is 0 Å². The maximum absolute atomic E-state index is 13.4. The molecule has 0 aliphatic heterocycles. The van der Waals surface area contributed by atoms with E-state index in [0.717, 1.165) is 11.6 Å². The smallest absolute Gasteiger partial charge is 0.328 e. The number of aromatic nitrogens is 1. The van der Waals surface area contributed by atoms with Crippen LogP contribution in [0, 0.1) is 0 Å². The number of fused-ring (bicyclic) bond motifs is 1. The summed E-state index contributed by atoms with van der Waals surface area (Å²) in [5.74, 6) is -1.20. The average molecular weight is 570 g/mol. The third kappa shape index (κ3) is 6.12. The predicted octanol–water partition coefficient (Wildman–Crippen LogP) is 7.20. The standard InChI is InChI=1S/C33H35N3O4S/c1-33(2,32(40)34-24-15-11-21(12-16-24)13-18-28(37)38)35-31(39)23-14-17-25-26(20-23)36(3)30(27-10-7-19-41-27)29(25)22-8-5-4-6-9-22/h7,10-20,22H,4-6,8-9H2,1-3H3,(H,34,40)(H,35,39)(H,37,38)/b18-13+. The highest BCUT2D eigenvalue weighted by atomic mass is 32.1. The average Bonchev–Trinajstić information content (AvgIpc) is 3.59. The summed E-state index contributed by atoms with van der Waals surface area (Å²) in [7, 11) is 2.07. The minimum atomic E-state index is -1.18. The van der Waals surface area contributed by atoms with Gasteiger partial charge in [0.1, 0.15) is 5.54 Å². The molecule has 1 aliphatic rings. The van der Waals surface area contributed by atoms with Crippen molar-refractivity contribution in [2.45, 2.75) is 57.4 Å². The molecule has 2 heterocycles. The fraction of sp³-hybridized carbons (Fsp3) is 0.303. The predicted molar refractivity (Wildman–Crippen MR) is 165 cm³/mol. The van der Waals surface area contributed by atoms with E-state index in [1.165, 1.54) is 59.7 Å². The Morgan fingerprint density at radius 2 is 1.76 bits per heavy atom. The Bertz CT molecular complexity index is 1610. The summed E-state index contributed by atoms with van der Waals surface area (Å²) >= 11 is 1.74. The van der Waals surface area contributed by atoms with Crippen LogP contribution >= 0.6 is 11.3 Å². The molecule has 2 amide bonds. The highest BCUT2D eigenvalue weighted by Crippen LogP contribution is 2.44. The van der Waals surface area contributed by atoms with Crippen LogP contribution in [0.4, 0.5) is 5.69 Å². The second kappa shape index (κ2) is 11.7. The van der Waals surface area contributed by atoms with E-state index in [4.69, 9.17) is 5.11 Å². The molecular formula is C33H35N3O4S. The first-order chi connectivity index (χ1) is 19.6. The first-order valence-electron chi connectivity index (χ1n) is 14.0. The fourth-order valence-electron chi connectivity index (χ4n) is 5.67. The summed E-state index contributed by atoms with van der Waals surface area (Å²) in [6.07, 6.45) is 8.68. The van der Waals surface area contributed by atoms with Crippen LogP contribution in [-0.2, 0) is 16.6 Å². The van der Waals surface area contributed by atoms with Gasteiger partial charge in [-0.2, -0.15) is 0 Å². The summed E-state index contributed by atoms with van der Waals surface area (Å²) in [4.78, 5) is 38.5. The molecule has 0 atom stereocenters. The van der Waals surface area contributed by atoms with Gasteiger partial charge in [-0.3, -0.25) is 9.59 Å². The van der Waals surface area contributed by atoms with Gasteiger partial charge in [0, 0.05) is 35.3 Å². The van der Waals surface area contributed by atoms with Crippen molar-refractivity contribution in [1.82, 2.24) is 9.88 Å². The van der Waals surface area contributed by atoms with Crippen molar-refractivity contribution in [3.63, 3.8) is 0 Å². The molecule has 0 radical (unpaired) electrons. The van der Waals surface area contributed by atoms with Gasteiger partial charge in [-0.1, -0.05) is 43.5 Å². The van der Waals surface area contributed by atoms with Gasteiger partial charge >= 0.3 is 5.97 Å². The number of aliphatic carboxylic acids is 1. The first-order valence-corrected chi connectivity index (χ1v) is 14.8. The third-order valence-electron chi connectivity index (χ3n) is 7.85. The Hall–Kier alpha value is -4.17. The zero-order valence-corrected chi connectivity index (χ0v) is 24.4. The molecule has 8 heteroatoms. The Labute approximate surface area is 243 Å². The van der Waals surface area contributed by atoms with E-state index < -0.39 is 11.5 Å². The zero-order valence-electron chi connectivity index (χ0n) is 23.6. The van der Waals surface area contributed by atoms with Crippen molar-refractivity contribution < 1.29 is 19.5 Å². The molecule has 1 saturated carbocycles. The summed E-state index contributed by atoms with van der Waals surface area (Å²) < 4.78 is 2.22. The van der Waals surface area contributed by atoms with E-state index in [1.807, 2.05) is 12.1 Å². The molecule has 1 fully saturated rings. The van der Waals surface area contributed by atoms with Crippen molar-refractivity contribution in [2.24, 2.45) is 7.05 Å². The van der Waals surface area contributed by atoms with Gasteiger partial charge in [-0.15, -0.1) is 11.3 Å². The maximum Gasteiger partial charge on any atom is 0.328 e. The molecule has 2 aromatic carbocycles. The van der Waals surface area contributed by atoms with Crippen LogP contribution in [0.15, 0.2) is 66.1 Å². The Morgan fingerprint density at radius 3 is 2.41 bits per heavy atom. The van der Waals surface area contributed by atoms with Gasteiger partial charge < -0.3 is 20.3 Å². The number of rotatable bonds is 8. The number of carbonyl (C=O) groups is 3. The maximum atomic E-state index is 13.4. The number of aryl methyl sites for hydroxylation is 1. The quantitative estimate of drug-likeness (QED) is 0.195. The molecular weight excluding hydrogens is 534 g/mol. The number of carboxylic acid groups (broad SMARTS) is 1. The number of hydrogen-bond acceptors (Lipinski definition) is 4. The van der Waals surface area contributed by atoms with Crippen LogP contribution in [0.1, 0.15) is 73.4 Å². The molecule has 7 nitrogen and oxygen atoms in total. The summed E-state index contributed by atoms with van der Waals surface area (Å²) in [5.41, 5.74) is 4.21. The number of benzene rings is 2. The topological polar surface area (TPSA) is 100 Å². The van der Waals surface area contributed by atoms with Crippen molar-refractivity contribution in [3.8, 4) is 10.6 Å². The molecule has 0 spiro atoms. The number of amides is 2. The van der Waals surface area contributed by atoms with Crippen LogP contribution in [-0.4, -0.2) is 33.0 Å². The Kier molecular flexibility index (Phi) is 8.13. The second-order valence-corrected chi connectivity index (χ2v) is 12.1. The molecule has 0 bridgehead atoms. The normalized spacial score (nSPS) is 14.4. The fourth-order valence-corrected chi connectivity index (χ4v) is 6.49. The van der Waals surface area contributed by atoms with Gasteiger partial charge in [-0.05, 0) is 85.5 Å². The lowest BCUT2D eigenvalue weighted by Crippen LogP contribution is -2.52. The molecule has 41 heavy (non-hydrogen) atoms. The zero-order chi connectivity index (χ0) is 29.1. The van der Waals surface area contributed by atoms with E-state index in [0.29, 0.717) is 22.7 Å². The monoisotopic (exact) mass is 569 g/mol. The lowest BCUT2D eigenvalue weighted by atomic mass is 9.82. The van der Waals surface area contributed by atoms with Crippen LogP contribution in [0.25, 0.3) is 27.6 Å². The first kappa shape index (κ1) is 28.4. The molecule has 5 rings (SSSR count). The summed E-state index contributed by atoms with van der Waals surface area (Å²) in [5, 5.41) is 17.8. The number of carbonyl (C=O) groups excluding carboxylic acids is 2. The number of nitrogens with one attached hydrogen (secondary N) is 2. The van der Waals surface area contributed by atoms with Crippen LogP contribution in [0.5, 0.6) is 0 Å². The summed E-state index contributed by atoms with van der Waals surface area (Å²) in [6.45, 7) is 3.34. The highest BCUT2D eigenvalue weighted by Gasteiger charge is 2.31. The molecule has 4 aromatic rings. The van der Waals surface area contributed by atoms with E-state index in [2.05, 4.69) is 45.8 Å². The van der Waals surface area contributed by atoms with E-state index in [9.17, 15) is 14.4 Å². The molecule has 0 unspecified atom stereocenters. The van der Waals surface area contributed by atoms with Crippen LogP contribution in [0.2, 0.25) is 0 Å². The number of thiophene rings is 1. The Balaban J connectivity index is 1.37. The Morgan fingerprint density at radius 1 is 1.02 bits per heavy atom. The number of nitrogens with zero attached hydrogens (tertiary/aromatic N) is 1. The second-order valence-electron chi connectivity index (χ2n) is 11.2.